The Morgan fingerprint density at radius 3 is 2.61 bits per heavy atom. The number of hydrogen-bond donors (Lipinski definition) is 1. The first-order chi connectivity index (χ1) is 11.1. The van der Waals surface area contributed by atoms with Crippen LogP contribution in [0.5, 0.6) is 0 Å². The van der Waals surface area contributed by atoms with Crippen LogP contribution >= 0.6 is 23.1 Å². The molecule has 0 atom stereocenters. The molecule has 1 N–H and O–H groups in total. The van der Waals surface area contributed by atoms with Gasteiger partial charge in [0.2, 0.25) is 0 Å². The molecule has 0 bridgehead atoms. The minimum absolute atomic E-state index is 0.0177. The van der Waals surface area contributed by atoms with E-state index in [1.54, 1.807) is 11.3 Å². The van der Waals surface area contributed by atoms with E-state index in [2.05, 4.69) is 43.5 Å². The molecule has 23 heavy (non-hydrogen) atoms. The Morgan fingerprint density at radius 1 is 1.30 bits per heavy atom. The van der Waals surface area contributed by atoms with E-state index in [0.717, 1.165) is 22.2 Å². The third kappa shape index (κ3) is 3.97. The summed E-state index contributed by atoms with van der Waals surface area (Å²) in [5, 5.41) is 12.7. The van der Waals surface area contributed by atoms with E-state index < -0.39 is 0 Å². The van der Waals surface area contributed by atoms with E-state index in [4.69, 9.17) is 9.72 Å². The van der Waals surface area contributed by atoms with Crippen molar-refractivity contribution in [3.05, 3.63) is 40.9 Å². The molecule has 2 aromatic rings. The van der Waals surface area contributed by atoms with Crippen LogP contribution in [0, 0.1) is 5.41 Å². The highest BCUT2D eigenvalue weighted by molar-refractivity contribution is 7.98. The van der Waals surface area contributed by atoms with Crippen molar-refractivity contribution in [1.29, 1.82) is 0 Å². The Kier molecular flexibility index (Phi) is 5.42. The molecule has 0 radical (unpaired) electrons. The molecule has 1 aliphatic heterocycles. The van der Waals surface area contributed by atoms with Gasteiger partial charge in [-0.2, -0.15) is 11.8 Å². The Balaban J connectivity index is 1.57. The molecule has 124 valence electrons. The molecule has 1 aliphatic rings. The number of thiazole rings is 1. The van der Waals surface area contributed by atoms with Gasteiger partial charge in [-0.05, 0) is 11.5 Å². The summed E-state index contributed by atoms with van der Waals surface area (Å²) in [5.74, 6) is 2.38. The minimum atomic E-state index is -0.0177. The summed E-state index contributed by atoms with van der Waals surface area (Å²) in [6.07, 6.45) is 0. The average Bonchev–Trinajstić information content (AvgIpc) is 2.99. The number of thioether (sulfide) groups is 1. The molecular weight excluding hydrogens is 326 g/mol. The summed E-state index contributed by atoms with van der Waals surface area (Å²) in [6.45, 7) is 5.99. The predicted octanol–water partition coefficient (Wildman–Crippen LogP) is 4.18. The molecule has 0 spiro atoms. The Morgan fingerprint density at radius 2 is 2.04 bits per heavy atom. The van der Waals surface area contributed by atoms with Gasteiger partial charge in [-0.3, -0.25) is 0 Å². The average molecular weight is 350 g/mol. The number of benzene rings is 1. The smallest absolute Gasteiger partial charge is 0.123 e. The van der Waals surface area contributed by atoms with Gasteiger partial charge in [0.1, 0.15) is 5.01 Å². The molecule has 1 saturated heterocycles. The number of ether oxygens (including phenoxy) is 1. The van der Waals surface area contributed by atoms with Gasteiger partial charge in [-0.1, -0.05) is 38.1 Å². The van der Waals surface area contributed by atoms with Gasteiger partial charge in [0.15, 0.2) is 0 Å². The number of aliphatic hydroxyl groups excluding tert-OH is 1. The first-order valence-electron chi connectivity index (χ1n) is 7.93. The van der Waals surface area contributed by atoms with E-state index in [0.29, 0.717) is 19.1 Å². The fraction of sp³-hybridized carbons (Fsp3) is 0.500. The highest BCUT2D eigenvalue weighted by Gasteiger charge is 2.37. The van der Waals surface area contributed by atoms with Crippen molar-refractivity contribution in [3.8, 4) is 10.6 Å². The molecule has 3 rings (SSSR count). The zero-order valence-corrected chi connectivity index (χ0v) is 15.3. The third-order valence-electron chi connectivity index (χ3n) is 4.19. The lowest BCUT2D eigenvalue weighted by Gasteiger charge is -2.39. The largest absolute Gasteiger partial charge is 0.396 e. The van der Waals surface area contributed by atoms with Crippen LogP contribution in [-0.4, -0.2) is 35.7 Å². The molecule has 0 aliphatic carbocycles. The molecule has 1 aromatic heterocycles. The summed E-state index contributed by atoms with van der Waals surface area (Å²) in [6, 6.07) is 8.71. The van der Waals surface area contributed by atoms with Gasteiger partial charge < -0.3 is 9.84 Å². The lowest BCUT2D eigenvalue weighted by molar-refractivity contribution is -0.121. The Labute approximate surface area is 146 Å². The van der Waals surface area contributed by atoms with Gasteiger partial charge in [-0.15, -0.1) is 11.3 Å². The molecule has 1 aromatic carbocycles. The van der Waals surface area contributed by atoms with Crippen LogP contribution in [0.1, 0.15) is 31.0 Å². The van der Waals surface area contributed by atoms with Crippen molar-refractivity contribution in [2.75, 3.05) is 25.6 Å². The van der Waals surface area contributed by atoms with Crippen molar-refractivity contribution in [1.82, 2.24) is 4.98 Å². The fourth-order valence-electron chi connectivity index (χ4n) is 2.50. The first kappa shape index (κ1) is 17.0. The van der Waals surface area contributed by atoms with Crippen molar-refractivity contribution >= 4 is 23.1 Å². The summed E-state index contributed by atoms with van der Waals surface area (Å²) in [7, 11) is 0. The standard InChI is InChI=1S/C18H23NO2S2/c1-13(2)14-3-5-15(6-4-14)17-19-16(8-23-17)7-22-12-18(9-20)10-21-11-18/h3-6,8,13,20H,7,9-12H2,1-2H3. The highest BCUT2D eigenvalue weighted by Crippen LogP contribution is 2.33. The number of nitrogens with zero attached hydrogens (tertiary/aromatic N) is 1. The van der Waals surface area contributed by atoms with Crippen molar-refractivity contribution in [2.45, 2.75) is 25.5 Å². The van der Waals surface area contributed by atoms with Crippen molar-refractivity contribution in [2.24, 2.45) is 5.41 Å². The monoisotopic (exact) mass is 349 g/mol. The van der Waals surface area contributed by atoms with E-state index >= 15 is 0 Å². The fourth-order valence-corrected chi connectivity index (χ4v) is 4.58. The van der Waals surface area contributed by atoms with E-state index in [1.165, 1.54) is 11.1 Å². The highest BCUT2D eigenvalue weighted by atomic mass is 32.2. The lowest BCUT2D eigenvalue weighted by Crippen LogP contribution is -2.47. The maximum atomic E-state index is 9.44. The second-order valence-corrected chi connectivity index (χ2v) is 8.41. The second-order valence-electron chi connectivity index (χ2n) is 6.56. The summed E-state index contributed by atoms with van der Waals surface area (Å²) < 4.78 is 5.23. The number of aliphatic hydroxyl groups is 1. The van der Waals surface area contributed by atoms with Crippen LogP contribution in [0.4, 0.5) is 0 Å². The SMILES string of the molecule is CC(C)c1ccc(-c2nc(CSCC3(CO)COC3)cs2)cc1. The predicted molar refractivity (Wildman–Crippen MR) is 98.1 cm³/mol. The summed E-state index contributed by atoms with van der Waals surface area (Å²) in [5.41, 5.74) is 3.65. The summed E-state index contributed by atoms with van der Waals surface area (Å²) >= 11 is 3.53. The van der Waals surface area contributed by atoms with E-state index in [9.17, 15) is 5.11 Å². The number of rotatable bonds is 7. The second kappa shape index (κ2) is 7.34. The molecule has 3 nitrogen and oxygen atoms in total. The van der Waals surface area contributed by atoms with Gasteiger partial charge in [0, 0.05) is 27.9 Å². The van der Waals surface area contributed by atoms with E-state index in [-0.39, 0.29) is 12.0 Å². The van der Waals surface area contributed by atoms with Gasteiger partial charge in [-0.25, -0.2) is 4.98 Å². The van der Waals surface area contributed by atoms with Crippen LogP contribution < -0.4 is 0 Å². The molecule has 1 fully saturated rings. The molecule has 0 saturated carbocycles. The number of aromatic nitrogens is 1. The molecule has 0 unspecified atom stereocenters. The van der Waals surface area contributed by atoms with Crippen LogP contribution in [0.25, 0.3) is 10.6 Å². The molecule has 0 amide bonds. The van der Waals surface area contributed by atoms with Gasteiger partial charge in [0.25, 0.3) is 0 Å². The topological polar surface area (TPSA) is 42.4 Å². The van der Waals surface area contributed by atoms with Crippen molar-refractivity contribution in [3.63, 3.8) is 0 Å². The third-order valence-corrected chi connectivity index (χ3v) is 6.44. The zero-order chi connectivity index (χ0) is 16.3. The maximum absolute atomic E-state index is 9.44. The van der Waals surface area contributed by atoms with Crippen molar-refractivity contribution < 1.29 is 9.84 Å². The molecular formula is C18H23NO2S2. The van der Waals surface area contributed by atoms with Crippen LogP contribution in [-0.2, 0) is 10.5 Å². The normalized spacial score (nSPS) is 16.5. The zero-order valence-electron chi connectivity index (χ0n) is 13.6. The minimum Gasteiger partial charge on any atom is -0.396 e. The van der Waals surface area contributed by atoms with E-state index in [1.807, 2.05) is 11.8 Å². The maximum Gasteiger partial charge on any atom is 0.123 e. The van der Waals surface area contributed by atoms with Crippen LogP contribution in [0.3, 0.4) is 0 Å². The Bertz CT molecular complexity index is 627. The van der Waals surface area contributed by atoms with Crippen LogP contribution in [0.2, 0.25) is 0 Å². The quantitative estimate of drug-likeness (QED) is 0.814. The van der Waals surface area contributed by atoms with Crippen LogP contribution in [0.15, 0.2) is 29.6 Å². The molecule has 2 heterocycles. The first-order valence-corrected chi connectivity index (χ1v) is 9.96. The summed E-state index contributed by atoms with van der Waals surface area (Å²) in [4.78, 5) is 4.75. The van der Waals surface area contributed by atoms with Gasteiger partial charge >= 0.3 is 0 Å². The molecule has 5 heteroatoms. The lowest BCUT2D eigenvalue weighted by atomic mass is 9.90. The number of hydrogen-bond acceptors (Lipinski definition) is 5. The van der Waals surface area contributed by atoms with Gasteiger partial charge in [0.05, 0.1) is 25.5 Å². The Hall–Kier alpha value is -0.880.